The fraction of sp³-hybridized carbons (Fsp3) is 0.121. The van der Waals surface area contributed by atoms with Gasteiger partial charge in [-0.25, -0.2) is 0 Å². The number of hydrogen-bond donors (Lipinski definition) is 0. The van der Waals surface area contributed by atoms with Crippen molar-refractivity contribution in [2.75, 3.05) is 0 Å². The molecule has 7 heteroatoms. The van der Waals surface area contributed by atoms with Gasteiger partial charge in [0.25, 0.3) is 0 Å². The van der Waals surface area contributed by atoms with Crippen molar-refractivity contribution in [2.45, 2.75) is 100.0 Å². The molecule has 3 spiro atoms. The number of benzene rings is 20. The molecule has 3 aliphatic carbocycles. The monoisotopic (exact) mass is 1960 g/mol. The van der Waals surface area contributed by atoms with Crippen molar-refractivity contribution in [2.24, 2.45) is 5.92 Å². The number of hydrogen-bond acceptors (Lipinski definition) is 1. The van der Waals surface area contributed by atoms with E-state index in [1.165, 1.54) is 247 Å². The highest BCUT2D eigenvalue weighted by Gasteiger charge is 2.59. The largest absolute Gasteiger partial charge is 0.309 e. The SMILES string of the molecule is CC1(C)c2cccc(-c3cccc4c3[Si](C)(C)c3ccccc3C43c4ccccc4-n4c5ccccc5c5cccc3c54)c2C2C=CC=CC21.CC1(C)c2ccccc2-c2cc(-c3cccc4c3[Si](C)(C)c3ccccc3C43c4ccccc4-n4c5ccccc5c5cccc3c54)ccc21.C[Si]1(C)c2ccccc2C2(c3ccccc3-n3c4ccccc4c4cccc2c43)c2cccc(-c3cccc4c3sc3ccccc34)c21. The first-order valence-corrected chi connectivity index (χ1v) is 62.9. The minimum atomic E-state index is -2.25. The molecule has 0 N–H and O–H groups in total. The molecule has 0 bridgehead atoms. The Morgan fingerprint density at radius 2 is 0.561 bits per heavy atom. The molecule has 4 aromatic heterocycles. The third-order valence-electron chi connectivity index (χ3n) is 37.2. The van der Waals surface area contributed by atoms with Crippen LogP contribution in [0.1, 0.15) is 123 Å². The Bertz CT molecular complexity index is 10100. The van der Waals surface area contributed by atoms with Crippen molar-refractivity contribution >= 4 is 152 Å². The highest BCUT2D eigenvalue weighted by atomic mass is 32.1. The lowest BCUT2D eigenvalue weighted by atomic mass is 9.62. The molecule has 704 valence electrons. The molecule has 3 nitrogen and oxygen atoms in total. The molecule has 148 heavy (non-hydrogen) atoms. The van der Waals surface area contributed by atoms with Crippen molar-refractivity contribution in [3.05, 3.63) is 544 Å². The van der Waals surface area contributed by atoms with Gasteiger partial charge in [-0.2, -0.15) is 0 Å². The smallest absolute Gasteiger partial charge is 0.113 e. The quantitative estimate of drug-likeness (QED) is 0.157. The summed E-state index contributed by atoms with van der Waals surface area (Å²) >= 11 is 1.94. The van der Waals surface area contributed by atoms with E-state index in [1.807, 2.05) is 11.3 Å². The predicted octanol–water partition coefficient (Wildman–Crippen LogP) is 31.6. The normalized spacial score (nSPS) is 19.4. The van der Waals surface area contributed by atoms with Gasteiger partial charge in [0.1, 0.15) is 24.2 Å². The number of aromatic nitrogens is 3. The van der Waals surface area contributed by atoms with Crippen molar-refractivity contribution in [1.29, 1.82) is 0 Å². The molecule has 5 atom stereocenters. The Labute approximate surface area is 870 Å². The molecule has 0 amide bonds. The maximum absolute atomic E-state index is 2.60. The number of thiophene rings is 1. The minimum absolute atomic E-state index is 0.0134. The molecular weight excluding hydrogens is 1850 g/mol. The van der Waals surface area contributed by atoms with E-state index in [2.05, 4.69) is 536 Å². The van der Waals surface area contributed by atoms with E-state index in [0.29, 0.717) is 11.8 Å². The Morgan fingerprint density at radius 3 is 1.05 bits per heavy atom. The lowest BCUT2D eigenvalue weighted by molar-refractivity contribution is 0.394. The van der Waals surface area contributed by atoms with Gasteiger partial charge in [-0.05, 0) is 225 Å². The van der Waals surface area contributed by atoms with E-state index in [1.54, 1.807) is 20.7 Å². The van der Waals surface area contributed by atoms with Crippen LogP contribution >= 0.6 is 11.3 Å². The third-order valence-corrected chi connectivity index (χ3v) is 49.2. The van der Waals surface area contributed by atoms with Crippen molar-refractivity contribution in [1.82, 2.24) is 13.7 Å². The molecule has 10 heterocycles. The first kappa shape index (κ1) is 86.5. The molecule has 0 fully saturated rings. The Balaban J connectivity index is 0.000000100. The van der Waals surface area contributed by atoms with Crippen LogP contribution in [0.5, 0.6) is 0 Å². The second-order valence-corrected chi connectivity index (χ2v) is 59.6. The van der Waals surface area contributed by atoms with E-state index in [4.69, 9.17) is 0 Å². The van der Waals surface area contributed by atoms with Gasteiger partial charge in [0, 0.05) is 63.8 Å². The van der Waals surface area contributed by atoms with Gasteiger partial charge in [-0.15, -0.1) is 11.3 Å². The summed E-state index contributed by atoms with van der Waals surface area (Å²) in [6.07, 6.45) is 9.45. The molecule has 0 radical (unpaired) electrons. The fourth-order valence-corrected chi connectivity index (χ4v) is 43.3. The lowest BCUT2D eigenvalue weighted by Crippen LogP contribution is -2.64. The zero-order chi connectivity index (χ0) is 98.9. The van der Waals surface area contributed by atoms with Crippen LogP contribution in [0.3, 0.4) is 0 Å². The van der Waals surface area contributed by atoms with Crippen LogP contribution in [0, 0.1) is 5.92 Å². The van der Waals surface area contributed by atoms with E-state index in [-0.39, 0.29) is 10.8 Å². The molecular formula is C141H107N3SSi3. The average molecular weight is 1960 g/mol. The summed E-state index contributed by atoms with van der Waals surface area (Å²) in [7, 11) is -6.70. The lowest BCUT2D eigenvalue weighted by Gasteiger charge is -2.50. The summed E-state index contributed by atoms with van der Waals surface area (Å²) in [4.78, 5) is 0. The van der Waals surface area contributed by atoms with Crippen molar-refractivity contribution in [3.8, 4) is 61.6 Å². The second kappa shape index (κ2) is 30.4. The number of rotatable bonds is 3. The molecule has 0 saturated heterocycles. The molecule has 20 aromatic carbocycles. The summed E-state index contributed by atoms with van der Waals surface area (Å²) in [5.74, 6) is 0.844. The Hall–Kier alpha value is -15.8. The van der Waals surface area contributed by atoms with Crippen LogP contribution in [0.15, 0.2) is 455 Å². The number of para-hydroxylation sites is 9. The van der Waals surface area contributed by atoms with Gasteiger partial charge in [-0.3, -0.25) is 0 Å². The summed E-state index contributed by atoms with van der Waals surface area (Å²) in [5, 5.41) is 19.9. The van der Waals surface area contributed by atoms with Crippen LogP contribution in [-0.2, 0) is 27.1 Å². The molecule has 9 aliphatic rings. The van der Waals surface area contributed by atoms with Gasteiger partial charge in [0.2, 0.25) is 0 Å². The van der Waals surface area contributed by atoms with Crippen molar-refractivity contribution < 1.29 is 0 Å². The summed E-state index contributed by atoms with van der Waals surface area (Å²) in [6.45, 7) is 25.2. The maximum atomic E-state index is 2.60. The predicted molar refractivity (Wildman–Crippen MR) is 632 cm³/mol. The zero-order valence-corrected chi connectivity index (χ0v) is 88.5. The Kier molecular flexibility index (Phi) is 17.8. The summed E-state index contributed by atoms with van der Waals surface area (Å²) in [5.41, 5.74) is 44.2. The van der Waals surface area contributed by atoms with E-state index < -0.39 is 40.5 Å². The summed E-state index contributed by atoms with van der Waals surface area (Å²) < 4.78 is 10.4. The summed E-state index contributed by atoms with van der Waals surface area (Å²) in [6, 6.07) is 165. The topological polar surface area (TPSA) is 14.8 Å². The van der Waals surface area contributed by atoms with E-state index >= 15 is 0 Å². The van der Waals surface area contributed by atoms with Gasteiger partial charge in [0.15, 0.2) is 0 Å². The number of nitrogens with zero attached hydrogens (tertiary/aromatic N) is 3. The maximum Gasteiger partial charge on any atom is 0.113 e. The van der Waals surface area contributed by atoms with Gasteiger partial charge >= 0.3 is 0 Å². The third kappa shape index (κ3) is 10.8. The first-order chi connectivity index (χ1) is 72.3. The van der Waals surface area contributed by atoms with Crippen LogP contribution in [0.4, 0.5) is 0 Å². The van der Waals surface area contributed by atoms with Gasteiger partial charge in [0.05, 0.1) is 66.4 Å². The highest BCUT2D eigenvalue weighted by molar-refractivity contribution is 7.26. The van der Waals surface area contributed by atoms with Crippen molar-refractivity contribution in [3.63, 3.8) is 0 Å². The van der Waals surface area contributed by atoms with Gasteiger partial charge < -0.3 is 13.7 Å². The highest BCUT2D eigenvalue weighted by Crippen LogP contribution is 2.64. The first-order valence-electron chi connectivity index (χ1n) is 53.0. The van der Waals surface area contributed by atoms with Crippen LogP contribution < -0.4 is 31.1 Å². The number of fused-ring (bicyclic) bond motifs is 42. The van der Waals surface area contributed by atoms with Crippen LogP contribution in [-0.4, -0.2) is 37.9 Å². The second-order valence-electron chi connectivity index (χ2n) is 45.7. The zero-order valence-electron chi connectivity index (χ0n) is 84.7. The molecule has 33 rings (SSSR count). The van der Waals surface area contributed by atoms with E-state index in [0.717, 1.165) is 0 Å². The molecule has 5 unspecified atom stereocenters. The minimum Gasteiger partial charge on any atom is -0.309 e. The van der Waals surface area contributed by atoms with E-state index in [9.17, 15) is 0 Å². The standard InChI is InChI=1S/C48H39NSi.C48H37NSi.C45H31NSSi/c1-47(2)35-21-7-5-17-34(35)44-31(18-13-24-38(44)47)33-20-15-26-40-46(33)50(3,4)43-29-12-9-23-37(43)48(40)36-22-8-11-28-42(36)49-41-27-10-6-16-30(41)32-19-14-25-39(48)45(32)49;1-47(2)36-19-7-5-15-32(36)35-29-30(27-28-37(35)47)31-17-13-23-41-46(31)50(3,4)44-26-12-9-21-39(44)48(41)38-20-8-11-25-43(38)49-42-24-10-6-16-33(42)34-18-14-22-40(48)45(34)49;1-48(2)41-27-10-6-21-35(41)45(34-20-5-8-25-39(34)46-38-24-7-3-14-28(38)30-16-12-22-36(45)42(30)46)37-23-13-19-33(44(37)48)32-18-11-17-31-29-15-4-9-26-40(29)47-43(31)32/h5-29,34-35H,1-4H3;5-29H,1-4H3;3-27H,1-2H3. The molecule has 24 aromatic rings. The van der Waals surface area contributed by atoms with Crippen LogP contribution in [0.25, 0.3) is 147 Å². The fourth-order valence-electron chi connectivity index (χ4n) is 31.4. The van der Waals surface area contributed by atoms with Gasteiger partial charge in [-0.1, -0.05) is 473 Å². The Morgan fingerprint density at radius 1 is 0.236 bits per heavy atom. The average Bonchev–Trinajstić information content (AvgIpc) is 1.25. The molecule has 0 saturated carbocycles. The molecule has 6 aliphatic heterocycles. The van der Waals surface area contributed by atoms with Crippen LogP contribution in [0.2, 0.25) is 39.3 Å². The number of allylic oxidation sites excluding steroid dienone is 4.